The lowest BCUT2D eigenvalue weighted by molar-refractivity contribution is -0.117. The molecule has 7 heteroatoms. The smallest absolute Gasteiger partial charge is 0.269 e. The van der Waals surface area contributed by atoms with Gasteiger partial charge in [0.2, 0.25) is 6.17 Å². The maximum atomic E-state index is 13.4. The first-order valence-electron chi connectivity index (χ1n) is 11.7. The van der Waals surface area contributed by atoms with E-state index in [4.69, 9.17) is 4.99 Å². The first kappa shape index (κ1) is 22.4. The fourth-order valence-corrected chi connectivity index (χ4v) is 4.57. The van der Waals surface area contributed by atoms with Crippen molar-refractivity contribution in [3.8, 4) is 6.07 Å². The molecule has 0 aliphatic carbocycles. The Morgan fingerprint density at radius 2 is 1.66 bits per heavy atom. The molecule has 2 aliphatic heterocycles. The Morgan fingerprint density at radius 1 is 0.971 bits per heavy atom. The molecule has 1 fully saturated rings. The summed E-state index contributed by atoms with van der Waals surface area (Å²) in [6.45, 7) is 1.41. The summed E-state index contributed by atoms with van der Waals surface area (Å²) in [5.41, 5.74) is 4.22. The lowest BCUT2D eigenvalue weighted by Gasteiger charge is -2.32. The van der Waals surface area contributed by atoms with E-state index in [2.05, 4.69) is 21.6 Å². The molecular formula is C28H25N5O2. The van der Waals surface area contributed by atoms with Gasteiger partial charge in [-0.1, -0.05) is 60.7 Å². The normalized spacial score (nSPS) is 17.9. The molecule has 2 aliphatic rings. The Hall–Kier alpha value is -4.44. The van der Waals surface area contributed by atoms with Crippen LogP contribution >= 0.6 is 0 Å². The van der Waals surface area contributed by atoms with Gasteiger partial charge in [0.15, 0.2) is 0 Å². The van der Waals surface area contributed by atoms with Crippen LogP contribution in [0.5, 0.6) is 0 Å². The van der Waals surface area contributed by atoms with Gasteiger partial charge in [-0.3, -0.25) is 9.59 Å². The molecule has 2 heterocycles. The second kappa shape index (κ2) is 9.82. The van der Waals surface area contributed by atoms with Gasteiger partial charge in [-0.25, -0.2) is 4.99 Å². The average Bonchev–Trinajstić information content (AvgIpc) is 3.05. The Bertz CT molecular complexity index is 1320. The van der Waals surface area contributed by atoms with Gasteiger partial charge in [0.05, 0.1) is 23.0 Å². The van der Waals surface area contributed by atoms with Crippen molar-refractivity contribution in [2.45, 2.75) is 19.0 Å². The number of carbonyl (C=O) groups excluding carboxylic acids is 2. The lowest BCUT2D eigenvalue weighted by Crippen LogP contribution is -2.43. The van der Waals surface area contributed by atoms with Gasteiger partial charge in [-0.05, 0) is 31.0 Å². The molecule has 7 nitrogen and oxygen atoms in total. The van der Waals surface area contributed by atoms with Crippen molar-refractivity contribution in [3.63, 3.8) is 0 Å². The topological polar surface area (TPSA) is 97.6 Å². The minimum atomic E-state index is -1.09. The van der Waals surface area contributed by atoms with Crippen molar-refractivity contribution in [2.24, 2.45) is 10.9 Å². The van der Waals surface area contributed by atoms with Crippen LogP contribution in [0.3, 0.4) is 0 Å². The predicted molar refractivity (Wildman–Crippen MR) is 135 cm³/mol. The van der Waals surface area contributed by atoms with E-state index in [9.17, 15) is 14.9 Å². The molecule has 1 saturated heterocycles. The summed E-state index contributed by atoms with van der Waals surface area (Å²) in [7, 11) is 0. The molecule has 3 aromatic rings. The van der Waals surface area contributed by atoms with Crippen molar-refractivity contribution in [2.75, 3.05) is 23.3 Å². The third-order valence-electron chi connectivity index (χ3n) is 6.43. The number of nitrogens with zero attached hydrogens (tertiary/aromatic N) is 3. The average molecular weight is 464 g/mol. The maximum absolute atomic E-state index is 13.4. The van der Waals surface area contributed by atoms with Gasteiger partial charge in [0, 0.05) is 35.8 Å². The number of benzodiazepines with no additional fused rings is 1. The van der Waals surface area contributed by atoms with Crippen molar-refractivity contribution < 1.29 is 9.59 Å². The Morgan fingerprint density at radius 3 is 2.43 bits per heavy atom. The van der Waals surface area contributed by atoms with Crippen LogP contribution in [0, 0.1) is 17.2 Å². The monoisotopic (exact) mass is 463 g/mol. The molecule has 0 aromatic heterocycles. The SMILES string of the molecule is N#CC1CCN(c2ccccc2C(=O)N[C@H]2N=C(c3ccccc3)c3ccccc3NC2=O)CC1. The third-order valence-corrected chi connectivity index (χ3v) is 6.43. The van der Waals surface area contributed by atoms with Gasteiger partial charge in [-0.15, -0.1) is 0 Å². The van der Waals surface area contributed by atoms with Crippen LogP contribution in [-0.4, -0.2) is 36.8 Å². The number of nitriles is 1. The summed E-state index contributed by atoms with van der Waals surface area (Å²) in [6, 6.07) is 26.8. The second-order valence-electron chi connectivity index (χ2n) is 8.66. The molecule has 0 unspecified atom stereocenters. The van der Waals surface area contributed by atoms with Crippen molar-refractivity contribution >= 4 is 28.9 Å². The van der Waals surface area contributed by atoms with Gasteiger partial charge in [0.25, 0.3) is 11.8 Å². The summed E-state index contributed by atoms with van der Waals surface area (Å²) < 4.78 is 0. The van der Waals surface area contributed by atoms with E-state index in [0.29, 0.717) is 30.1 Å². The first-order valence-corrected chi connectivity index (χ1v) is 11.7. The summed E-state index contributed by atoms with van der Waals surface area (Å²) in [4.78, 5) is 33.4. The van der Waals surface area contributed by atoms with E-state index < -0.39 is 12.1 Å². The highest BCUT2D eigenvalue weighted by atomic mass is 16.2. The van der Waals surface area contributed by atoms with E-state index in [1.54, 1.807) is 6.07 Å². The largest absolute Gasteiger partial charge is 0.371 e. The molecule has 3 aromatic carbocycles. The van der Waals surface area contributed by atoms with Gasteiger partial charge in [0.1, 0.15) is 0 Å². The van der Waals surface area contributed by atoms with Gasteiger partial charge < -0.3 is 15.5 Å². The van der Waals surface area contributed by atoms with E-state index in [0.717, 1.165) is 29.7 Å². The molecule has 0 saturated carbocycles. The highest BCUT2D eigenvalue weighted by molar-refractivity contribution is 6.20. The van der Waals surface area contributed by atoms with Crippen molar-refractivity contribution in [3.05, 3.63) is 95.6 Å². The Kier molecular flexibility index (Phi) is 6.27. The molecule has 0 bridgehead atoms. The number of hydrogen-bond donors (Lipinski definition) is 2. The van der Waals surface area contributed by atoms with Crippen LogP contribution in [0.15, 0.2) is 83.9 Å². The summed E-state index contributed by atoms with van der Waals surface area (Å²) >= 11 is 0. The second-order valence-corrected chi connectivity index (χ2v) is 8.66. The number of nitrogens with one attached hydrogen (secondary N) is 2. The standard InChI is InChI=1S/C28H25N5O2/c29-18-19-14-16-33(17-15-19)24-13-7-5-11-22(24)27(34)32-26-28(35)30-23-12-6-4-10-21(23)25(31-26)20-8-2-1-3-9-20/h1-13,19,26H,14-17H2,(H,30,35)(H,32,34)/t26-/m1/s1. The Labute approximate surface area is 204 Å². The van der Waals surface area contributed by atoms with E-state index in [-0.39, 0.29) is 11.8 Å². The number of benzene rings is 3. The zero-order chi connectivity index (χ0) is 24.2. The molecule has 1 atom stereocenters. The molecule has 0 spiro atoms. The van der Waals surface area contributed by atoms with Crippen LogP contribution in [-0.2, 0) is 4.79 Å². The van der Waals surface area contributed by atoms with Crippen LogP contribution < -0.4 is 15.5 Å². The zero-order valence-electron chi connectivity index (χ0n) is 19.1. The third kappa shape index (κ3) is 4.64. The summed E-state index contributed by atoms with van der Waals surface area (Å²) in [5.74, 6) is -0.719. The number of rotatable bonds is 4. The molecule has 174 valence electrons. The highest BCUT2D eigenvalue weighted by Gasteiger charge is 2.29. The predicted octanol–water partition coefficient (Wildman–Crippen LogP) is 3.97. The fraction of sp³-hybridized carbons (Fsp3) is 0.214. The molecule has 2 N–H and O–H groups in total. The number of para-hydroxylation sites is 2. The number of anilines is 2. The minimum absolute atomic E-state index is 0.0503. The Balaban J connectivity index is 1.45. The minimum Gasteiger partial charge on any atom is -0.371 e. The molecule has 35 heavy (non-hydrogen) atoms. The highest BCUT2D eigenvalue weighted by Crippen LogP contribution is 2.27. The summed E-state index contributed by atoms with van der Waals surface area (Å²) in [6.07, 6.45) is 0.434. The van der Waals surface area contributed by atoms with Gasteiger partial charge >= 0.3 is 0 Å². The van der Waals surface area contributed by atoms with Crippen LogP contribution in [0.2, 0.25) is 0 Å². The van der Waals surface area contributed by atoms with Crippen LogP contribution in [0.25, 0.3) is 0 Å². The van der Waals surface area contributed by atoms with Gasteiger partial charge in [-0.2, -0.15) is 5.26 Å². The number of hydrogen-bond acceptors (Lipinski definition) is 5. The number of piperidine rings is 1. The summed E-state index contributed by atoms with van der Waals surface area (Å²) in [5, 5.41) is 15.0. The van der Waals surface area contributed by atoms with E-state index in [1.807, 2.05) is 72.8 Å². The fourth-order valence-electron chi connectivity index (χ4n) is 4.57. The number of fused-ring (bicyclic) bond motifs is 1. The lowest BCUT2D eigenvalue weighted by atomic mass is 9.97. The molecule has 2 amide bonds. The van der Waals surface area contributed by atoms with E-state index >= 15 is 0 Å². The van der Waals surface area contributed by atoms with Crippen LogP contribution in [0.1, 0.15) is 34.3 Å². The number of amides is 2. The molecular weight excluding hydrogens is 438 g/mol. The van der Waals surface area contributed by atoms with Crippen LogP contribution in [0.4, 0.5) is 11.4 Å². The van der Waals surface area contributed by atoms with E-state index in [1.165, 1.54) is 0 Å². The first-order chi connectivity index (χ1) is 17.1. The quantitative estimate of drug-likeness (QED) is 0.612. The zero-order valence-corrected chi connectivity index (χ0v) is 19.1. The number of carbonyl (C=O) groups is 2. The maximum Gasteiger partial charge on any atom is 0.269 e. The number of aliphatic imine (C=N–C) groups is 1. The van der Waals surface area contributed by atoms with Crippen molar-refractivity contribution in [1.29, 1.82) is 5.26 Å². The molecule has 0 radical (unpaired) electrons. The van der Waals surface area contributed by atoms with Crippen molar-refractivity contribution in [1.82, 2.24) is 5.32 Å². The molecule has 5 rings (SSSR count).